The SMILES string of the molecule is CC(C)=CCN1CC2(CCN(C(=O)c3cc(C#N)c(=O)[nH]c3C)CC2)CC1=O. The fraction of sp³-hybridized carbons (Fsp3) is 0.524. The Kier molecular flexibility index (Phi) is 5.41. The topological polar surface area (TPSA) is 97.3 Å². The number of likely N-dealkylation sites (tertiary alicyclic amines) is 2. The van der Waals surface area contributed by atoms with Crippen LogP contribution in [-0.4, -0.2) is 52.8 Å². The molecule has 28 heavy (non-hydrogen) atoms. The predicted octanol–water partition coefficient (Wildman–Crippen LogP) is 1.98. The number of carbonyl (C=O) groups is 2. The first-order chi connectivity index (χ1) is 13.2. The number of allylic oxidation sites excluding steroid dienone is 1. The van der Waals surface area contributed by atoms with Gasteiger partial charge in [0.25, 0.3) is 11.5 Å². The number of amides is 2. The molecule has 2 amide bonds. The summed E-state index contributed by atoms with van der Waals surface area (Å²) in [6, 6.07) is 3.20. The molecule has 2 aliphatic rings. The van der Waals surface area contributed by atoms with Crippen molar-refractivity contribution in [2.45, 2.75) is 40.0 Å². The second kappa shape index (κ2) is 7.63. The molecule has 0 aromatic carbocycles. The molecule has 1 aromatic heterocycles. The molecule has 1 spiro atoms. The molecule has 2 fully saturated rings. The van der Waals surface area contributed by atoms with Crippen LogP contribution in [0.2, 0.25) is 0 Å². The van der Waals surface area contributed by atoms with E-state index in [9.17, 15) is 14.4 Å². The van der Waals surface area contributed by atoms with E-state index >= 15 is 0 Å². The molecule has 0 aliphatic carbocycles. The van der Waals surface area contributed by atoms with Crippen molar-refractivity contribution < 1.29 is 9.59 Å². The Balaban J connectivity index is 1.68. The quantitative estimate of drug-likeness (QED) is 0.808. The van der Waals surface area contributed by atoms with Gasteiger partial charge in [0.1, 0.15) is 11.6 Å². The molecule has 1 aromatic rings. The van der Waals surface area contributed by atoms with E-state index in [1.165, 1.54) is 11.6 Å². The third kappa shape index (κ3) is 3.86. The summed E-state index contributed by atoms with van der Waals surface area (Å²) < 4.78 is 0. The molecule has 3 heterocycles. The number of carbonyl (C=O) groups excluding carboxylic acids is 2. The van der Waals surface area contributed by atoms with Crippen LogP contribution >= 0.6 is 0 Å². The molecule has 3 rings (SSSR count). The number of hydrogen-bond donors (Lipinski definition) is 1. The van der Waals surface area contributed by atoms with Gasteiger partial charge in [-0.05, 0) is 39.7 Å². The fourth-order valence-electron chi connectivity index (χ4n) is 4.06. The Bertz CT molecular complexity index is 926. The second-order valence-electron chi connectivity index (χ2n) is 8.19. The number of rotatable bonds is 3. The Morgan fingerprint density at radius 3 is 2.61 bits per heavy atom. The van der Waals surface area contributed by atoms with Gasteiger partial charge in [-0.3, -0.25) is 14.4 Å². The first-order valence-corrected chi connectivity index (χ1v) is 9.59. The summed E-state index contributed by atoms with van der Waals surface area (Å²) in [6.07, 6.45) is 4.18. The van der Waals surface area contributed by atoms with Crippen LogP contribution in [0.4, 0.5) is 0 Å². The standard InChI is InChI=1S/C21H26N4O3/c1-14(2)4-7-25-13-21(11-18(25)26)5-8-24(9-6-21)20(28)17-10-16(12-22)19(27)23-15(17)3/h4,10H,5-9,11,13H2,1-3H3,(H,23,27). The highest BCUT2D eigenvalue weighted by Crippen LogP contribution is 2.41. The lowest BCUT2D eigenvalue weighted by molar-refractivity contribution is -0.127. The van der Waals surface area contributed by atoms with Crippen molar-refractivity contribution in [1.82, 2.24) is 14.8 Å². The molecule has 0 radical (unpaired) electrons. The van der Waals surface area contributed by atoms with Gasteiger partial charge in [0, 0.05) is 43.7 Å². The van der Waals surface area contributed by atoms with Crippen LogP contribution in [0.1, 0.15) is 54.7 Å². The van der Waals surface area contributed by atoms with Crippen molar-refractivity contribution in [1.29, 1.82) is 5.26 Å². The highest BCUT2D eigenvalue weighted by atomic mass is 16.2. The van der Waals surface area contributed by atoms with Crippen LogP contribution in [-0.2, 0) is 4.79 Å². The van der Waals surface area contributed by atoms with E-state index in [2.05, 4.69) is 11.1 Å². The van der Waals surface area contributed by atoms with E-state index in [1.54, 1.807) is 11.8 Å². The highest BCUT2D eigenvalue weighted by Gasteiger charge is 2.45. The molecular formula is C21H26N4O3. The van der Waals surface area contributed by atoms with Gasteiger partial charge >= 0.3 is 0 Å². The maximum Gasteiger partial charge on any atom is 0.266 e. The Labute approximate surface area is 164 Å². The van der Waals surface area contributed by atoms with Crippen molar-refractivity contribution in [2.24, 2.45) is 5.41 Å². The summed E-state index contributed by atoms with van der Waals surface area (Å²) in [5.74, 6) is 0.0123. The number of pyridine rings is 1. The minimum absolute atomic E-state index is 0.0544. The average molecular weight is 382 g/mol. The van der Waals surface area contributed by atoms with Crippen LogP contribution < -0.4 is 5.56 Å². The number of nitrogens with zero attached hydrogens (tertiary/aromatic N) is 3. The lowest BCUT2D eigenvalue weighted by atomic mass is 9.77. The van der Waals surface area contributed by atoms with Gasteiger partial charge in [0.2, 0.25) is 5.91 Å². The minimum atomic E-state index is -0.477. The van der Waals surface area contributed by atoms with Crippen molar-refractivity contribution in [2.75, 3.05) is 26.2 Å². The molecular weight excluding hydrogens is 356 g/mol. The maximum absolute atomic E-state index is 12.9. The smallest absolute Gasteiger partial charge is 0.266 e. The number of aromatic nitrogens is 1. The van der Waals surface area contributed by atoms with Crippen molar-refractivity contribution in [3.8, 4) is 6.07 Å². The zero-order chi connectivity index (χ0) is 20.5. The zero-order valence-corrected chi connectivity index (χ0v) is 16.7. The van der Waals surface area contributed by atoms with Crippen LogP contribution in [0.25, 0.3) is 0 Å². The van der Waals surface area contributed by atoms with E-state index in [1.807, 2.05) is 24.8 Å². The summed E-state index contributed by atoms with van der Waals surface area (Å²) in [5.41, 5.74) is 1.44. The predicted molar refractivity (Wildman–Crippen MR) is 105 cm³/mol. The van der Waals surface area contributed by atoms with Crippen LogP contribution in [0, 0.1) is 23.7 Å². The molecule has 7 nitrogen and oxygen atoms in total. The maximum atomic E-state index is 12.9. The molecule has 7 heteroatoms. The summed E-state index contributed by atoms with van der Waals surface area (Å²) in [7, 11) is 0. The molecule has 0 bridgehead atoms. The molecule has 0 atom stereocenters. The minimum Gasteiger partial charge on any atom is -0.339 e. The molecule has 0 saturated carbocycles. The molecule has 0 unspecified atom stereocenters. The lowest BCUT2D eigenvalue weighted by Crippen LogP contribution is -2.44. The van der Waals surface area contributed by atoms with Crippen molar-refractivity contribution >= 4 is 11.8 Å². The van der Waals surface area contributed by atoms with E-state index in [0.717, 1.165) is 19.4 Å². The van der Waals surface area contributed by atoms with E-state index in [0.29, 0.717) is 37.3 Å². The summed E-state index contributed by atoms with van der Waals surface area (Å²) in [5, 5.41) is 9.06. The first-order valence-electron chi connectivity index (χ1n) is 9.59. The number of nitrogens with one attached hydrogen (secondary N) is 1. The summed E-state index contributed by atoms with van der Waals surface area (Å²) in [6.45, 7) is 8.25. The highest BCUT2D eigenvalue weighted by molar-refractivity contribution is 5.95. The summed E-state index contributed by atoms with van der Waals surface area (Å²) in [4.78, 5) is 43.3. The van der Waals surface area contributed by atoms with Gasteiger partial charge < -0.3 is 14.8 Å². The molecule has 2 aliphatic heterocycles. The van der Waals surface area contributed by atoms with Gasteiger partial charge in [-0.2, -0.15) is 5.26 Å². The summed E-state index contributed by atoms with van der Waals surface area (Å²) >= 11 is 0. The zero-order valence-electron chi connectivity index (χ0n) is 16.7. The number of aryl methyl sites for hydroxylation is 1. The normalized spacial score (nSPS) is 18.3. The Hall–Kier alpha value is -2.88. The van der Waals surface area contributed by atoms with E-state index in [-0.39, 0.29) is 22.8 Å². The van der Waals surface area contributed by atoms with Crippen LogP contribution in [0.3, 0.4) is 0 Å². The Morgan fingerprint density at radius 2 is 2.00 bits per heavy atom. The van der Waals surface area contributed by atoms with Gasteiger partial charge in [0.15, 0.2) is 0 Å². The lowest BCUT2D eigenvalue weighted by Gasteiger charge is -2.39. The van der Waals surface area contributed by atoms with Crippen LogP contribution in [0.15, 0.2) is 22.5 Å². The molecule has 1 N–H and O–H groups in total. The van der Waals surface area contributed by atoms with Gasteiger partial charge in [-0.25, -0.2) is 0 Å². The number of hydrogen-bond acceptors (Lipinski definition) is 4. The van der Waals surface area contributed by atoms with E-state index in [4.69, 9.17) is 5.26 Å². The number of nitriles is 1. The number of H-pyrrole nitrogens is 1. The van der Waals surface area contributed by atoms with E-state index < -0.39 is 5.56 Å². The third-order valence-corrected chi connectivity index (χ3v) is 5.83. The Morgan fingerprint density at radius 1 is 1.32 bits per heavy atom. The number of aromatic amines is 1. The molecule has 2 saturated heterocycles. The van der Waals surface area contributed by atoms with Crippen molar-refractivity contribution in [3.63, 3.8) is 0 Å². The van der Waals surface area contributed by atoms with Crippen molar-refractivity contribution in [3.05, 3.63) is 44.9 Å². The number of piperidine rings is 1. The van der Waals surface area contributed by atoms with Gasteiger partial charge in [-0.1, -0.05) is 11.6 Å². The fourth-order valence-corrected chi connectivity index (χ4v) is 4.06. The molecule has 148 valence electrons. The van der Waals surface area contributed by atoms with Crippen LogP contribution in [0.5, 0.6) is 0 Å². The largest absolute Gasteiger partial charge is 0.339 e. The second-order valence-corrected chi connectivity index (χ2v) is 8.19. The monoisotopic (exact) mass is 382 g/mol. The van der Waals surface area contributed by atoms with Gasteiger partial charge in [-0.15, -0.1) is 0 Å². The third-order valence-electron chi connectivity index (χ3n) is 5.83. The van der Waals surface area contributed by atoms with Gasteiger partial charge in [0.05, 0.1) is 5.56 Å². The first kappa shape index (κ1) is 19.9. The average Bonchev–Trinajstić information content (AvgIpc) is 2.95.